The first kappa shape index (κ1) is 20.0. The molecule has 0 aromatic heterocycles. The highest BCUT2D eigenvalue weighted by Gasteiger charge is 2.18. The van der Waals surface area contributed by atoms with Crippen molar-refractivity contribution in [2.24, 2.45) is 0 Å². The van der Waals surface area contributed by atoms with E-state index >= 15 is 0 Å². The summed E-state index contributed by atoms with van der Waals surface area (Å²) in [6, 6.07) is 10.8. The lowest BCUT2D eigenvalue weighted by atomic mass is 10.2. The van der Waals surface area contributed by atoms with E-state index in [1.165, 1.54) is 25.3 Å². The van der Waals surface area contributed by atoms with Gasteiger partial charge in [-0.1, -0.05) is 17.7 Å². The van der Waals surface area contributed by atoms with Gasteiger partial charge in [-0.15, -0.1) is 0 Å². The SMILES string of the molecule is COC(=O)c1cc(S(=O)(=O)NCCOc2cccc(OC)c2)ccc1Cl. The summed E-state index contributed by atoms with van der Waals surface area (Å²) in [5.74, 6) is 0.482. The van der Waals surface area contributed by atoms with Crippen molar-refractivity contribution in [2.45, 2.75) is 4.90 Å². The van der Waals surface area contributed by atoms with Gasteiger partial charge in [0, 0.05) is 12.6 Å². The molecule has 0 radical (unpaired) electrons. The Labute approximate surface area is 156 Å². The molecule has 0 aliphatic rings. The molecule has 0 atom stereocenters. The van der Waals surface area contributed by atoms with E-state index in [-0.39, 0.29) is 28.6 Å². The van der Waals surface area contributed by atoms with Crippen LogP contribution in [0.1, 0.15) is 10.4 Å². The van der Waals surface area contributed by atoms with Gasteiger partial charge in [0.05, 0.1) is 29.7 Å². The van der Waals surface area contributed by atoms with Crippen LogP contribution in [0.25, 0.3) is 0 Å². The summed E-state index contributed by atoms with van der Waals surface area (Å²) in [4.78, 5) is 11.5. The molecule has 0 saturated carbocycles. The summed E-state index contributed by atoms with van der Waals surface area (Å²) in [5.41, 5.74) is -0.0235. The molecule has 0 heterocycles. The third-order valence-electron chi connectivity index (χ3n) is 3.36. The number of hydrogen-bond acceptors (Lipinski definition) is 6. The average molecular weight is 400 g/mol. The molecule has 9 heteroatoms. The Morgan fingerprint density at radius 3 is 2.54 bits per heavy atom. The summed E-state index contributed by atoms with van der Waals surface area (Å²) in [7, 11) is -1.10. The van der Waals surface area contributed by atoms with E-state index in [0.717, 1.165) is 0 Å². The van der Waals surface area contributed by atoms with Crippen LogP contribution in [0.3, 0.4) is 0 Å². The second kappa shape index (κ2) is 8.88. The molecule has 0 bridgehead atoms. The van der Waals surface area contributed by atoms with Crippen LogP contribution in [0.15, 0.2) is 47.4 Å². The van der Waals surface area contributed by atoms with Gasteiger partial charge in [-0.05, 0) is 30.3 Å². The summed E-state index contributed by atoms with van der Waals surface area (Å²) in [5, 5.41) is 0.108. The van der Waals surface area contributed by atoms with Crippen molar-refractivity contribution >= 4 is 27.6 Å². The number of ether oxygens (including phenoxy) is 3. The van der Waals surface area contributed by atoms with Gasteiger partial charge in [-0.2, -0.15) is 0 Å². The van der Waals surface area contributed by atoms with E-state index < -0.39 is 16.0 Å². The fourth-order valence-electron chi connectivity index (χ4n) is 2.06. The van der Waals surface area contributed by atoms with Gasteiger partial charge < -0.3 is 14.2 Å². The molecule has 0 saturated heterocycles. The fraction of sp³-hybridized carbons (Fsp3) is 0.235. The Morgan fingerprint density at radius 1 is 1.12 bits per heavy atom. The normalized spacial score (nSPS) is 11.0. The van der Waals surface area contributed by atoms with Gasteiger partial charge in [0.1, 0.15) is 18.1 Å². The maximum absolute atomic E-state index is 12.3. The van der Waals surface area contributed by atoms with Crippen LogP contribution in [-0.2, 0) is 14.8 Å². The van der Waals surface area contributed by atoms with Gasteiger partial charge in [-0.3, -0.25) is 0 Å². The predicted octanol–water partition coefficient (Wildman–Crippen LogP) is 2.49. The maximum atomic E-state index is 12.3. The molecule has 0 fully saturated rings. The number of benzene rings is 2. The van der Waals surface area contributed by atoms with E-state index in [9.17, 15) is 13.2 Å². The largest absolute Gasteiger partial charge is 0.497 e. The monoisotopic (exact) mass is 399 g/mol. The highest BCUT2D eigenvalue weighted by atomic mass is 35.5. The van der Waals surface area contributed by atoms with Crippen LogP contribution in [-0.4, -0.2) is 41.8 Å². The van der Waals surface area contributed by atoms with E-state index in [1.807, 2.05) is 0 Å². The van der Waals surface area contributed by atoms with Crippen molar-refractivity contribution in [2.75, 3.05) is 27.4 Å². The molecule has 0 aliphatic heterocycles. The topological polar surface area (TPSA) is 90.9 Å². The standard InChI is InChI=1S/C17H18ClNO6S/c1-23-12-4-3-5-13(10-12)25-9-8-19-26(21,22)14-6-7-16(18)15(11-14)17(20)24-2/h3-7,10-11,19H,8-9H2,1-2H3. The van der Waals surface area contributed by atoms with E-state index in [1.54, 1.807) is 31.4 Å². The zero-order chi connectivity index (χ0) is 19.2. The first-order valence-corrected chi connectivity index (χ1v) is 9.38. The van der Waals surface area contributed by atoms with Crippen molar-refractivity contribution < 1.29 is 27.4 Å². The third kappa shape index (κ3) is 5.10. The number of hydrogen-bond donors (Lipinski definition) is 1. The number of rotatable bonds is 8. The minimum Gasteiger partial charge on any atom is -0.497 e. The second-order valence-corrected chi connectivity index (χ2v) is 7.23. The van der Waals surface area contributed by atoms with E-state index in [0.29, 0.717) is 11.5 Å². The van der Waals surface area contributed by atoms with Crippen molar-refractivity contribution in [3.63, 3.8) is 0 Å². The van der Waals surface area contributed by atoms with Crippen LogP contribution >= 0.6 is 11.6 Å². The number of esters is 1. The lowest BCUT2D eigenvalue weighted by Gasteiger charge is -2.10. The van der Waals surface area contributed by atoms with Gasteiger partial charge in [-0.25, -0.2) is 17.9 Å². The van der Waals surface area contributed by atoms with E-state index in [2.05, 4.69) is 9.46 Å². The number of methoxy groups -OCH3 is 2. The molecule has 0 amide bonds. The summed E-state index contributed by atoms with van der Waals surface area (Å²) in [6.45, 7) is 0.152. The van der Waals surface area contributed by atoms with Crippen molar-refractivity contribution in [1.29, 1.82) is 0 Å². The van der Waals surface area contributed by atoms with Crippen LogP contribution < -0.4 is 14.2 Å². The molecular weight excluding hydrogens is 382 g/mol. The molecular formula is C17H18ClNO6S. The lowest BCUT2D eigenvalue weighted by molar-refractivity contribution is 0.0600. The van der Waals surface area contributed by atoms with Crippen LogP contribution in [0, 0.1) is 0 Å². The fourth-order valence-corrected chi connectivity index (χ4v) is 3.29. The molecule has 0 aliphatic carbocycles. The van der Waals surface area contributed by atoms with Gasteiger partial charge in [0.15, 0.2) is 0 Å². The summed E-state index contributed by atoms with van der Waals surface area (Å²) < 4.78 is 42.2. The Morgan fingerprint density at radius 2 is 1.85 bits per heavy atom. The molecule has 1 N–H and O–H groups in total. The maximum Gasteiger partial charge on any atom is 0.339 e. The van der Waals surface area contributed by atoms with Crippen molar-refractivity contribution in [3.05, 3.63) is 53.1 Å². The molecule has 2 aromatic rings. The molecule has 26 heavy (non-hydrogen) atoms. The van der Waals surface area contributed by atoms with Crippen LogP contribution in [0.2, 0.25) is 5.02 Å². The Bertz CT molecular complexity index is 885. The Balaban J connectivity index is 1.99. The molecule has 2 aromatic carbocycles. The third-order valence-corrected chi connectivity index (χ3v) is 5.15. The first-order valence-electron chi connectivity index (χ1n) is 7.52. The number of sulfonamides is 1. The quantitative estimate of drug-likeness (QED) is 0.541. The molecule has 7 nitrogen and oxygen atoms in total. The van der Waals surface area contributed by atoms with Gasteiger partial charge in [0.2, 0.25) is 10.0 Å². The van der Waals surface area contributed by atoms with Crippen molar-refractivity contribution in [3.8, 4) is 11.5 Å². The zero-order valence-corrected chi connectivity index (χ0v) is 15.8. The Kier molecular flexibility index (Phi) is 6.84. The first-order chi connectivity index (χ1) is 12.4. The molecule has 0 unspecified atom stereocenters. The predicted molar refractivity (Wildman–Crippen MR) is 96.5 cm³/mol. The number of nitrogens with one attached hydrogen (secondary N) is 1. The lowest BCUT2D eigenvalue weighted by Crippen LogP contribution is -2.28. The summed E-state index contributed by atoms with van der Waals surface area (Å²) >= 11 is 5.89. The summed E-state index contributed by atoms with van der Waals surface area (Å²) in [6.07, 6.45) is 0. The highest BCUT2D eigenvalue weighted by molar-refractivity contribution is 7.89. The van der Waals surface area contributed by atoms with Crippen molar-refractivity contribution in [1.82, 2.24) is 4.72 Å². The van der Waals surface area contributed by atoms with Gasteiger partial charge in [0.25, 0.3) is 0 Å². The zero-order valence-electron chi connectivity index (χ0n) is 14.2. The second-order valence-electron chi connectivity index (χ2n) is 5.06. The highest BCUT2D eigenvalue weighted by Crippen LogP contribution is 2.21. The molecule has 0 spiro atoms. The Hall–Kier alpha value is -2.29. The van der Waals surface area contributed by atoms with E-state index in [4.69, 9.17) is 21.1 Å². The average Bonchev–Trinajstić information content (AvgIpc) is 2.65. The van der Waals surface area contributed by atoms with Crippen LogP contribution in [0.4, 0.5) is 0 Å². The minimum absolute atomic E-state index is 0.0235. The smallest absolute Gasteiger partial charge is 0.339 e. The molecule has 140 valence electrons. The number of carbonyl (C=O) groups is 1. The van der Waals surface area contributed by atoms with Crippen LogP contribution in [0.5, 0.6) is 11.5 Å². The molecule has 2 rings (SSSR count). The number of halogens is 1. The minimum atomic E-state index is -3.83. The number of carbonyl (C=O) groups excluding carboxylic acids is 1. The van der Waals surface area contributed by atoms with Gasteiger partial charge >= 0.3 is 5.97 Å².